The van der Waals surface area contributed by atoms with Crippen molar-refractivity contribution in [3.05, 3.63) is 154 Å². The van der Waals surface area contributed by atoms with Crippen LogP contribution in [0.25, 0.3) is 23.8 Å². The molecule has 0 unspecified atom stereocenters. The first-order valence-corrected chi connectivity index (χ1v) is 10.7. The average molecular weight is 419 g/mol. The van der Waals surface area contributed by atoms with Gasteiger partial charge in [0.05, 0.1) is 0 Å². The molecule has 0 atom stereocenters. The van der Waals surface area contributed by atoms with E-state index in [1.54, 1.807) is 0 Å². The molecule has 0 aliphatic rings. The highest BCUT2D eigenvalue weighted by molar-refractivity contribution is 6.30. The van der Waals surface area contributed by atoms with Gasteiger partial charge in [0.25, 0.3) is 0 Å². The van der Waals surface area contributed by atoms with Crippen LogP contribution in [-0.4, -0.2) is 0 Å². The van der Waals surface area contributed by atoms with Gasteiger partial charge in [0.2, 0.25) is 0 Å². The molecule has 1 heteroatoms. The Morgan fingerprint density at radius 1 is 0.484 bits per heavy atom. The largest absolute Gasteiger partial charge is 0.0843 e. The molecule has 0 aliphatic carbocycles. The molecular formula is C30H23Cl. The van der Waals surface area contributed by atoms with Crippen molar-refractivity contribution in [3.8, 4) is 0 Å². The van der Waals surface area contributed by atoms with Gasteiger partial charge in [0.1, 0.15) is 0 Å². The van der Waals surface area contributed by atoms with Crippen molar-refractivity contribution in [3.63, 3.8) is 0 Å². The molecule has 0 N–H and O–H groups in total. The topological polar surface area (TPSA) is 0 Å². The minimum absolute atomic E-state index is 0.755. The van der Waals surface area contributed by atoms with Gasteiger partial charge in [-0.05, 0) is 45.5 Å². The van der Waals surface area contributed by atoms with E-state index in [1.807, 2.05) is 36.4 Å². The number of hydrogen-bond acceptors (Lipinski definition) is 0. The summed E-state index contributed by atoms with van der Waals surface area (Å²) in [6, 6.07) is 37.4. The molecule has 4 aromatic rings. The Morgan fingerprint density at radius 3 is 1.39 bits per heavy atom. The first kappa shape index (κ1) is 20.7. The lowest BCUT2D eigenvalue weighted by atomic mass is 9.97. The van der Waals surface area contributed by atoms with Gasteiger partial charge >= 0.3 is 0 Å². The SMILES string of the molecule is Clc1ccc(/C=C/c2ccc(/C=C/C=C(c3ccccc3)c3ccccc3)cc2)cc1. The molecule has 0 fully saturated rings. The molecule has 0 amide bonds. The van der Waals surface area contributed by atoms with Crippen molar-refractivity contribution in [1.82, 2.24) is 0 Å². The molecule has 31 heavy (non-hydrogen) atoms. The molecule has 0 spiro atoms. The first-order valence-electron chi connectivity index (χ1n) is 10.3. The van der Waals surface area contributed by atoms with Crippen LogP contribution < -0.4 is 0 Å². The van der Waals surface area contributed by atoms with E-state index in [4.69, 9.17) is 11.6 Å². The van der Waals surface area contributed by atoms with Crippen LogP contribution in [0.1, 0.15) is 27.8 Å². The molecule has 0 nitrogen and oxygen atoms in total. The second kappa shape index (κ2) is 10.4. The van der Waals surface area contributed by atoms with Gasteiger partial charge in [-0.2, -0.15) is 0 Å². The molecule has 0 heterocycles. The fraction of sp³-hybridized carbons (Fsp3) is 0. The van der Waals surface area contributed by atoms with Crippen LogP contribution >= 0.6 is 11.6 Å². The monoisotopic (exact) mass is 418 g/mol. The highest BCUT2D eigenvalue weighted by Gasteiger charge is 2.02. The highest BCUT2D eigenvalue weighted by Crippen LogP contribution is 2.23. The molecule has 0 aliphatic heterocycles. The van der Waals surface area contributed by atoms with Gasteiger partial charge in [-0.15, -0.1) is 0 Å². The van der Waals surface area contributed by atoms with Crippen LogP contribution in [0.15, 0.2) is 121 Å². The van der Waals surface area contributed by atoms with E-state index >= 15 is 0 Å². The summed E-state index contributed by atoms with van der Waals surface area (Å²) in [6.07, 6.45) is 10.6. The minimum Gasteiger partial charge on any atom is -0.0843 e. The third-order valence-corrected chi connectivity index (χ3v) is 5.25. The van der Waals surface area contributed by atoms with E-state index in [2.05, 4.69) is 103 Å². The Kier molecular flexibility index (Phi) is 6.95. The lowest BCUT2D eigenvalue weighted by molar-refractivity contribution is 1.55. The van der Waals surface area contributed by atoms with Crippen molar-refractivity contribution >= 4 is 35.4 Å². The number of hydrogen-bond donors (Lipinski definition) is 0. The predicted octanol–water partition coefficient (Wildman–Crippen LogP) is 8.66. The van der Waals surface area contributed by atoms with Crippen LogP contribution in [-0.2, 0) is 0 Å². The van der Waals surface area contributed by atoms with Crippen LogP contribution in [0.4, 0.5) is 0 Å². The highest BCUT2D eigenvalue weighted by atomic mass is 35.5. The first-order chi connectivity index (χ1) is 15.3. The zero-order valence-corrected chi connectivity index (χ0v) is 17.9. The number of halogens is 1. The number of benzene rings is 4. The summed E-state index contributed by atoms with van der Waals surface area (Å²) in [5.41, 5.74) is 7.09. The third kappa shape index (κ3) is 5.94. The lowest BCUT2D eigenvalue weighted by Crippen LogP contribution is -1.86. The summed E-state index contributed by atoms with van der Waals surface area (Å²) in [4.78, 5) is 0. The van der Waals surface area contributed by atoms with Crippen molar-refractivity contribution in [1.29, 1.82) is 0 Å². The molecule has 0 saturated heterocycles. The molecule has 4 rings (SSSR count). The molecular weight excluding hydrogens is 396 g/mol. The maximum absolute atomic E-state index is 5.94. The minimum atomic E-state index is 0.755. The molecule has 0 radical (unpaired) electrons. The summed E-state index contributed by atoms with van der Waals surface area (Å²) in [5, 5.41) is 0.755. The van der Waals surface area contributed by atoms with Crippen LogP contribution in [0.5, 0.6) is 0 Å². The normalized spacial score (nSPS) is 11.1. The second-order valence-corrected chi connectivity index (χ2v) is 7.66. The van der Waals surface area contributed by atoms with Gasteiger partial charge in [-0.25, -0.2) is 0 Å². The van der Waals surface area contributed by atoms with E-state index in [9.17, 15) is 0 Å². The Morgan fingerprint density at radius 2 is 0.903 bits per heavy atom. The smallest absolute Gasteiger partial charge is 0.0406 e. The van der Waals surface area contributed by atoms with E-state index in [-0.39, 0.29) is 0 Å². The van der Waals surface area contributed by atoms with Crippen LogP contribution in [0, 0.1) is 0 Å². The zero-order chi connectivity index (χ0) is 21.3. The fourth-order valence-corrected chi connectivity index (χ4v) is 3.46. The van der Waals surface area contributed by atoms with Crippen LogP contribution in [0.3, 0.4) is 0 Å². The maximum atomic E-state index is 5.94. The Bertz CT molecular complexity index is 1140. The summed E-state index contributed by atoms with van der Waals surface area (Å²) < 4.78 is 0. The summed E-state index contributed by atoms with van der Waals surface area (Å²) in [6.45, 7) is 0. The van der Waals surface area contributed by atoms with Crippen molar-refractivity contribution in [2.75, 3.05) is 0 Å². The molecule has 0 aromatic heterocycles. The molecule has 4 aromatic carbocycles. The average Bonchev–Trinajstić information content (AvgIpc) is 2.83. The lowest BCUT2D eigenvalue weighted by Gasteiger charge is -2.07. The van der Waals surface area contributed by atoms with Crippen molar-refractivity contribution in [2.45, 2.75) is 0 Å². The van der Waals surface area contributed by atoms with E-state index in [0.29, 0.717) is 0 Å². The maximum Gasteiger partial charge on any atom is 0.0406 e. The van der Waals surface area contributed by atoms with Gasteiger partial charge in [-0.1, -0.05) is 139 Å². The molecule has 150 valence electrons. The predicted molar refractivity (Wildman–Crippen MR) is 136 cm³/mol. The Hall–Kier alpha value is -3.61. The third-order valence-electron chi connectivity index (χ3n) is 5.00. The number of rotatable bonds is 6. The van der Waals surface area contributed by atoms with Gasteiger partial charge in [0, 0.05) is 5.02 Å². The molecule has 0 bridgehead atoms. The van der Waals surface area contributed by atoms with E-state index in [0.717, 1.165) is 16.1 Å². The quantitative estimate of drug-likeness (QED) is 0.217. The standard InChI is InChI=1S/C30H23Cl/c31-29-22-20-26(21-23-29)19-18-25-16-14-24(15-17-25)8-7-13-30(27-9-3-1-4-10-27)28-11-5-2-6-12-28/h1-23H/b8-7+,19-18+. The zero-order valence-electron chi connectivity index (χ0n) is 17.2. The van der Waals surface area contributed by atoms with E-state index in [1.165, 1.54) is 22.3 Å². The molecule has 0 saturated carbocycles. The summed E-state index contributed by atoms with van der Waals surface area (Å²) in [7, 11) is 0. The van der Waals surface area contributed by atoms with Crippen molar-refractivity contribution < 1.29 is 0 Å². The van der Waals surface area contributed by atoms with Gasteiger partial charge in [0.15, 0.2) is 0 Å². The van der Waals surface area contributed by atoms with Crippen molar-refractivity contribution in [2.24, 2.45) is 0 Å². The number of allylic oxidation sites excluding steroid dienone is 2. The van der Waals surface area contributed by atoms with Gasteiger partial charge < -0.3 is 0 Å². The van der Waals surface area contributed by atoms with E-state index < -0.39 is 0 Å². The van der Waals surface area contributed by atoms with Gasteiger partial charge in [-0.3, -0.25) is 0 Å². The second-order valence-electron chi connectivity index (χ2n) is 7.22. The Labute approximate surface area is 189 Å². The Balaban J connectivity index is 1.50. The summed E-state index contributed by atoms with van der Waals surface area (Å²) in [5.74, 6) is 0. The fourth-order valence-electron chi connectivity index (χ4n) is 3.33. The summed E-state index contributed by atoms with van der Waals surface area (Å²) >= 11 is 5.94. The van der Waals surface area contributed by atoms with Crippen LogP contribution in [0.2, 0.25) is 5.02 Å².